The lowest BCUT2D eigenvalue weighted by Gasteiger charge is -2.10. The predicted molar refractivity (Wildman–Crippen MR) is 43.1 cm³/mol. The summed E-state index contributed by atoms with van der Waals surface area (Å²) in [6.45, 7) is 1.27. The molecule has 0 aliphatic rings. The van der Waals surface area contributed by atoms with E-state index < -0.39 is 29.1 Å². The van der Waals surface area contributed by atoms with Gasteiger partial charge in [-0.3, -0.25) is 0 Å². The summed E-state index contributed by atoms with van der Waals surface area (Å²) in [5, 5.41) is 8.47. The molecule has 82 valence electrons. The van der Waals surface area contributed by atoms with Crippen LogP contribution in [0.2, 0.25) is 0 Å². The van der Waals surface area contributed by atoms with Gasteiger partial charge in [0.15, 0.2) is 0 Å². The van der Waals surface area contributed by atoms with Crippen LogP contribution in [0.15, 0.2) is 12.1 Å². The molecule has 0 spiro atoms. The molecule has 15 heavy (non-hydrogen) atoms. The number of aromatic carboxylic acids is 1. The van der Waals surface area contributed by atoms with Gasteiger partial charge in [0.25, 0.3) is 0 Å². The quantitative estimate of drug-likeness (QED) is 0.742. The van der Waals surface area contributed by atoms with Gasteiger partial charge >= 0.3 is 12.1 Å². The third-order valence-corrected chi connectivity index (χ3v) is 1.75. The van der Waals surface area contributed by atoms with Crippen molar-refractivity contribution in [1.82, 2.24) is 0 Å². The van der Waals surface area contributed by atoms with E-state index in [-0.39, 0.29) is 5.56 Å². The Labute approximate surface area is 82.1 Å². The Kier molecular flexibility index (Phi) is 2.70. The van der Waals surface area contributed by atoms with Crippen LogP contribution in [0.3, 0.4) is 0 Å². The van der Waals surface area contributed by atoms with Crippen molar-refractivity contribution < 1.29 is 27.5 Å². The maximum Gasteiger partial charge on any atom is 0.419 e. The zero-order valence-electron chi connectivity index (χ0n) is 7.52. The summed E-state index contributed by atoms with van der Waals surface area (Å²) < 4.78 is 49.8. The zero-order chi connectivity index (χ0) is 11.8. The van der Waals surface area contributed by atoms with Crippen LogP contribution < -0.4 is 0 Å². The number of hydrogen-bond donors (Lipinski definition) is 1. The standard InChI is InChI=1S/C9H6F4O2/c1-4-2-5(8(14)15)7(10)6(3-4)9(11,12)13/h2-3H,1H3,(H,14,15). The van der Waals surface area contributed by atoms with Crippen molar-refractivity contribution in [3.63, 3.8) is 0 Å². The van der Waals surface area contributed by atoms with Crippen molar-refractivity contribution in [2.45, 2.75) is 13.1 Å². The monoisotopic (exact) mass is 222 g/mol. The molecule has 0 radical (unpaired) electrons. The van der Waals surface area contributed by atoms with Gasteiger partial charge in [0.05, 0.1) is 11.1 Å². The largest absolute Gasteiger partial charge is 0.478 e. The molecule has 0 saturated carbocycles. The summed E-state index contributed by atoms with van der Waals surface area (Å²) in [7, 11) is 0. The van der Waals surface area contributed by atoms with E-state index in [9.17, 15) is 22.4 Å². The Morgan fingerprint density at radius 2 is 1.87 bits per heavy atom. The number of carboxylic acids is 1. The Hall–Kier alpha value is -1.59. The van der Waals surface area contributed by atoms with Gasteiger partial charge < -0.3 is 5.11 Å². The van der Waals surface area contributed by atoms with Crippen molar-refractivity contribution in [1.29, 1.82) is 0 Å². The molecule has 0 aliphatic carbocycles. The first-order valence-corrected chi connectivity index (χ1v) is 3.84. The maximum absolute atomic E-state index is 13.1. The minimum atomic E-state index is -4.89. The van der Waals surface area contributed by atoms with E-state index in [4.69, 9.17) is 5.11 Å². The summed E-state index contributed by atoms with van der Waals surface area (Å²) in [5.41, 5.74) is -2.48. The van der Waals surface area contributed by atoms with E-state index >= 15 is 0 Å². The number of rotatable bonds is 1. The third kappa shape index (κ3) is 2.26. The molecule has 1 aromatic rings. The van der Waals surface area contributed by atoms with Gasteiger partial charge in [-0.25, -0.2) is 9.18 Å². The Bertz CT molecular complexity index is 409. The minimum absolute atomic E-state index is 0.0427. The van der Waals surface area contributed by atoms with Gasteiger partial charge in [-0.15, -0.1) is 0 Å². The first kappa shape index (κ1) is 11.5. The lowest BCUT2D eigenvalue weighted by molar-refractivity contribution is -0.140. The second-order valence-electron chi connectivity index (χ2n) is 2.98. The fraction of sp³-hybridized carbons (Fsp3) is 0.222. The number of halogens is 4. The van der Waals surface area contributed by atoms with Gasteiger partial charge in [-0.05, 0) is 24.6 Å². The highest BCUT2D eigenvalue weighted by atomic mass is 19.4. The highest BCUT2D eigenvalue weighted by molar-refractivity contribution is 5.88. The first-order valence-electron chi connectivity index (χ1n) is 3.84. The van der Waals surface area contributed by atoms with Crippen LogP contribution in [0, 0.1) is 12.7 Å². The van der Waals surface area contributed by atoms with E-state index in [1.165, 1.54) is 6.92 Å². The molecule has 0 amide bonds. The van der Waals surface area contributed by atoms with Gasteiger partial charge in [0.1, 0.15) is 5.82 Å². The first-order chi connectivity index (χ1) is 6.73. The van der Waals surface area contributed by atoms with Crippen LogP contribution >= 0.6 is 0 Å². The van der Waals surface area contributed by atoms with Gasteiger partial charge in [0, 0.05) is 0 Å². The van der Waals surface area contributed by atoms with Crippen molar-refractivity contribution in [2.24, 2.45) is 0 Å². The van der Waals surface area contributed by atoms with Crippen molar-refractivity contribution >= 4 is 5.97 Å². The van der Waals surface area contributed by atoms with Gasteiger partial charge in [-0.1, -0.05) is 0 Å². The van der Waals surface area contributed by atoms with Crippen LogP contribution in [0.4, 0.5) is 17.6 Å². The molecule has 0 saturated heterocycles. The summed E-state index contributed by atoms with van der Waals surface area (Å²) >= 11 is 0. The molecule has 1 aromatic carbocycles. The molecule has 0 heterocycles. The molecule has 0 aliphatic heterocycles. The minimum Gasteiger partial charge on any atom is -0.478 e. The summed E-state index contributed by atoms with van der Waals surface area (Å²) in [6, 6.07) is 1.43. The molecule has 6 heteroatoms. The summed E-state index contributed by atoms with van der Waals surface area (Å²) in [5.74, 6) is -3.47. The number of alkyl halides is 3. The van der Waals surface area contributed by atoms with Crippen LogP contribution in [-0.2, 0) is 6.18 Å². The molecule has 2 nitrogen and oxygen atoms in total. The Morgan fingerprint density at radius 3 is 2.27 bits per heavy atom. The Morgan fingerprint density at radius 1 is 1.33 bits per heavy atom. The fourth-order valence-electron chi connectivity index (χ4n) is 1.13. The molecular weight excluding hydrogens is 216 g/mol. The second-order valence-corrected chi connectivity index (χ2v) is 2.98. The lowest BCUT2D eigenvalue weighted by atomic mass is 10.1. The van der Waals surface area contributed by atoms with Crippen LogP contribution in [0.1, 0.15) is 21.5 Å². The number of hydrogen-bond acceptors (Lipinski definition) is 1. The SMILES string of the molecule is Cc1cc(C(=O)O)c(F)c(C(F)(F)F)c1. The summed E-state index contributed by atoms with van der Waals surface area (Å²) in [4.78, 5) is 10.4. The van der Waals surface area contributed by atoms with E-state index in [2.05, 4.69) is 0 Å². The van der Waals surface area contributed by atoms with Crippen LogP contribution in [0.5, 0.6) is 0 Å². The van der Waals surface area contributed by atoms with Crippen molar-refractivity contribution in [2.75, 3.05) is 0 Å². The molecule has 0 fully saturated rings. The highest BCUT2D eigenvalue weighted by Crippen LogP contribution is 2.33. The van der Waals surface area contributed by atoms with Gasteiger partial charge in [0.2, 0.25) is 0 Å². The molecule has 0 atom stereocenters. The average Bonchev–Trinajstić information content (AvgIpc) is 2.06. The molecular formula is C9H6F4O2. The zero-order valence-corrected chi connectivity index (χ0v) is 7.52. The van der Waals surface area contributed by atoms with Crippen LogP contribution in [-0.4, -0.2) is 11.1 Å². The van der Waals surface area contributed by atoms with Crippen molar-refractivity contribution in [3.8, 4) is 0 Å². The molecule has 1 N–H and O–H groups in total. The van der Waals surface area contributed by atoms with E-state index in [1.807, 2.05) is 0 Å². The van der Waals surface area contributed by atoms with Gasteiger partial charge in [-0.2, -0.15) is 13.2 Å². The number of benzene rings is 1. The summed E-state index contributed by atoms with van der Waals surface area (Å²) in [6.07, 6.45) is -4.89. The van der Waals surface area contributed by atoms with Crippen molar-refractivity contribution in [3.05, 3.63) is 34.6 Å². The predicted octanol–water partition coefficient (Wildman–Crippen LogP) is 2.85. The number of aryl methyl sites for hydroxylation is 1. The Balaban J connectivity index is 3.49. The average molecular weight is 222 g/mol. The second kappa shape index (κ2) is 3.52. The molecule has 0 bridgehead atoms. The maximum atomic E-state index is 13.1. The van der Waals surface area contributed by atoms with Crippen LogP contribution in [0.25, 0.3) is 0 Å². The fourth-order valence-corrected chi connectivity index (χ4v) is 1.13. The van der Waals surface area contributed by atoms with E-state index in [0.717, 1.165) is 6.07 Å². The van der Waals surface area contributed by atoms with E-state index in [0.29, 0.717) is 6.07 Å². The number of carboxylic acid groups (broad SMARTS) is 1. The smallest absolute Gasteiger partial charge is 0.419 e. The highest BCUT2D eigenvalue weighted by Gasteiger charge is 2.36. The molecule has 0 aromatic heterocycles. The molecule has 1 rings (SSSR count). The topological polar surface area (TPSA) is 37.3 Å². The third-order valence-electron chi connectivity index (χ3n) is 1.75. The van der Waals surface area contributed by atoms with E-state index in [1.54, 1.807) is 0 Å². The lowest BCUT2D eigenvalue weighted by Crippen LogP contribution is -2.13. The normalized spacial score (nSPS) is 11.5. The molecule has 0 unspecified atom stereocenters. The number of carbonyl (C=O) groups is 1.